The van der Waals surface area contributed by atoms with Crippen LogP contribution in [0.1, 0.15) is 31.9 Å². The molecule has 7 nitrogen and oxygen atoms in total. The number of carbonyl (C=O) groups excluding carboxylic acids is 3. The van der Waals surface area contributed by atoms with Gasteiger partial charge in [-0.15, -0.1) is 0 Å². The lowest BCUT2D eigenvalue weighted by Crippen LogP contribution is -2.35. The molecule has 0 saturated carbocycles. The molecule has 0 heterocycles. The fourth-order valence-electron chi connectivity index (χ4n) is 3.32. The molecule has 37 heavy (non-hydrogen) atoms. The topological polar surface area (TPSA) is 82.1 Å². The van der Waals surface area contributed by atoms with Crippen LogP contribution in [0.5, 0.6) is 0 Å². The second-order valence-corrected chi connectivity index (χ2v) is 9.81. The van der Waals surface area contributed by atoms with Crippen molar-refractivity contribution in [1.82, 2.24) is 0 Å². The summed E-state index contributed by atoms with van der Waals surface area (Å²) in [6.07, 6.45) is -0.962. The second kappa shape index (κ2) is 12.6. The molecule has 9 heteroatoms. The molecular weight excluding hydrogens is 517 g/mol. The average Bonchev–Trinajstić information content (AvgIpc) is 2.84. The summed E-state index contributed by atoms with van der Waals surface area (Å²) < 4.78 is 15.9. The first-order valence-corrected chi connectivity index (χ1v) is 12.2. The van der Waals surface area contributed by atoms with E-state index in [-0.39, 0.29) is 28.8 Å². The first kappa shape index (κ1) is 28.0. The summed E-state index contributed by atoms with van der Waals surface area (Å²) >= 11 is 12.9. The highest BCUT2D eigenvalue weighted by molar-refractivity contribution is 6.40. The Morgan fingerprint density at radius 1 is 0.784 bits per heavy atom. The number of anilines is 2. The Morgan fingerprint density at radius 2 is 1.41 bits per heavy atom. The number of nitrogens with zero attached hydrogens (tertiary/aromatic N) is 1. The molecular formula is C28H27Cl2NO6. The number of carbonyl (C=O) groups is 3. The van der Waals surface area contributed by atoms with Gasteiger partial charge < -0.3 is 14.2 Å². The first-order chi connectivity index (χ1) is 17.5. The van der Waals surface area contributed by atoms with Crippen molar-refractivity contribution >= 4 is 52.6 Å². The van der Waals surface area contributed by atoms with Crippen LogP contribution < -0.4 is 4.90 Å². The van der Waals surface area contributed by atoms with Gasteiger partial charge in [0.15, 0.2) is 6.61 Å². The Kier molecular flexibility index (Phi) is 9.55. The monoisotopic (exact) mass is 543 g/mol. The highest BCUT2D eigenvalue weighted by Gasteiger charge is 2.30. The number of benzene rings is 3. The highest BCUT2D eigenvalue weighted by Crippen LogP contribution is 2.40. The minimum Gasteiger partial charge on any atom is -0.458 e. The summed E-state index contributed by atoms with van der Waals surface area (Å²) in [5.74, 6) is -1.36. The van der Waals surface area contributed by atoms with Crippen molar-refractivity contribution < 1.29 is 28.6 Å². The van der Waals surface area contributed by atoms with E-state index in [4.69, 9.17) is 37.4 Å². The molecule has 0 aliphatic carbocycles. The normalized spacial score (nSPS) is 10.9. The molecule has 0 unspecified atom stereocenters. The van der Waals surface area contributed by atoms with E-state index in [9.17, 15) is 14.4 Å². The molecule has 0 spiro atoms. The number of esters is 2. The van der Waals surface area contributed by atoms with E-state index >= 15 is 0 Å². The maximum absolute atomic E-state index is 13.3. The van der Waals surface area contributed by atoms with Gasteiger partial charge in [-0.25, -0.2) is 14.5 Å². The quantitative estimate of drug-likeness (QED) is 0.227. The SMILES string of the molecule is CC(C)(C)OC(=O)N(c1ccccc1CC(=O)OCC(=O)OCc1ccccc1)c1c(Cl)cccc1Cl. The van der Waals surface area contributed by atoms with Crippen LogP contribution in [0.25, 0.3) is 0 Å². The third-order valence-electron chi connectivity index (χ3n) is 4.90. The number of hydrogen-bond donors (Lipinski definition) is 0. The Balaban J connectivity index is 1.78. The van der Waals surface area contributed by atoms with Crippen LogP contribution in [0.4, 0.5) is 16.2 Å². The molecule has 0 radical (unpaired) electrons. The Hall–Kier alpha value is -3.55. The predicted octanol–water partition coefficient (Wildman–Crippen LogP) is 6.90. The summed E-state index contributed by atoms with van der Waals surface area (Å²) in [5.41, 5.74) is 0.987. The number of rotatable bonds is 8. The maximum atomic E-state index is 13.3. The summed E-state index contributed by atoms with van der Waals surface area (Å²) in [4.78, 5) is 39.2. The van der Waals surface area contributed by atoms with Crippen molar-refractivity contribution in [3.63, 3.8) is 0 Å². The highest BCUT2D eigenvalue weighted by atomic mass is 35.5. The van der Waals surface area contributed by atoms with Gasteiger partial charge in [0.25, 0.3) is 0 Å². The van der Waals surface area contributed by atoms with Gasteiger partial charge >= 0.3 is 18.0 Å². The van der Waals surface area contributed by atoms with Crippen molar-refractivity contribution in [2.24, 2.45) is 0 Å². The molecule has 0 aliphatic rings. The van der Waals surface area contributed by atoms with Crippen molar-refractivity contribution in [2.45, 2.75) is 39.4 Å². The molecule has 3 aromatic carbocycles. The van der Waals surface area contributed by atoms with Gasteiger partial charge in [0.2, 0.25) is 0 Å². The van der Waals surface area contributed by atoms with E-state index in [0.29, 0.717) is 11.3 Å². The van der Waals surface area contributed by atoms with Gasteiger partial charge in [0.1, 0.15) is 12.2 Å². The van der Waals surface area contributed by atoms with Crippen molar-refractivity contribution in [1.29, 1.82) is 0 Å². The van der Waals surface area contributed by atoms with E-state index in [2.05, 4.69) is 0 Å². The minimum absolute atomic E-state index is 0.0729. The molecule has 0 N–H and O–H groups in total. The average molecular weight is 544 g/mol. The molecule has 0 aliphatic heterocycles. The zero-order valence-corrected chi connectivity index (χ0v) is 22.2. The van der Waals surface area contributed by atoms with E-state index in [0.717, 1.165) is 5.56 Å². The Bertz CT molecular complexity index is 1240. The zero-order chi connectivity index (χ0) is 27.0. The fourth-order valence-corrected chi connectivity index (χ4v) is 3.89. The smallest absolute Gasteiger partial charge is 0.419 e. The van der Waals surface area contributed by atoms with Gasteiger partial charge in [-0.2, -0.15) is 0 Å². The van der Waals surface area contributed by atoms with E-state index in [1.807, 2.05) is 30.3 Å². The van der Waals surface area contributed by atoms with Gasteiger partial charge in [-0.05, 0) is 50.1 Å². The van der Waals surface area contributed by atoms with E-state index < -0.39 is 30.2 Å². The Labute approximate surface area is 225 Å². The van der Waals surface area contributed by atoms with Gasteiger partial charge in [-0.3, -0.25) is 4.79 Å². The van der Waals surface area contributed by atoms with Crippen molar-refractivity contribution in [3.05, 3.63) is 94.0 Å². The molecule has 0 aromatic heterocycles. The van der Waals surface area contributed by atoms with Crippen molar-refractivity contribution in [3.8, 4) is 0 Å². The molecule has 3 aromatic rings. The van der Waals surface area contributed by atoms with Gasteiger partial charge in [-0.1, -0.05) is 77.8 Å². The summed E-state index contributed by atoms with van der Waals surface area (Å²) in [7, 11) is 0. The molecule has 1 amide bonds. The van der Waals surface area contributed by atoms with Gasteiger partial charge in [0.05, 0.1) is 27.8 Å². The van der Waals surface area contributed by atoms with Crippen molar-refractivity contribution in [2.75, 3.05) is 11.5 Å². The molecule has 0 saturated heterocycles. The molecule has 0 fully saturated rings. The van der Waals surface area contributed by atoms with E-state index in [1.54, 1.807) is 63.2 Å². The maximum Gasteiger partial charge on any atom is 0.419 e. The van der Waals surface area contributed by atoms with Crippen LogP contribution in [0, 0.1) is 0 Å². The fraction of sp³-hybridized carbons (Fsp3) is 0.250. The number of hydrogen-bond acceptors (Lipinski definition) is 6. The summed E-state index contributed by atoms with van der Waals surface area (Å²) in [6, 6.07) is 20.7. The van der Waals surface area contributed by atoms with Crippen LogP contribution in [0.2, 0.25) is 10.0 Å². The third kappa shape index (κ3) is 8.23. The lowest BCUT2D eigenvalue weighted by atomic mass is 10.1. The zero-order valence-electron chi connectivity index (χ0n) is 20.7. The lowest BCUT2D eigenvalue weighted by Gasteiger charge is -2.30. The largest absolute Gasteiger partial charge is 0.458 e. The number of halogens is 2. The van der Waals surface area contributed by atoms with Crippen LogP contribution in [-0.4, -0.2) is 30.2 Å². The lowest BCUT2D eigenvalue weighted by molar-refractivity contribution is -0.159. The predicted molar refractivity (Wildman–Crippen MR) is 142 cm³/mol. The molecule has 0 bridgehead atoms. The third-order valence-corrected chi connectivity index (χ3v) is 5.51. The minimum atomic E-state index is -0.808. The van der Waals surface area contributed by atoms with Crippen LogP contribution in [0.3, 0.4) is 0 Å². The van der Waals surface area contributed by atoms with E-state index in [1.165, 1.54) is 4.90 Å². The van der Waals surface area contributed by atoms with Crippen LogP contribution >= 0.6 is 23.2 Å². The molecule has 194 valence electrons. The standard InChI is InChI=1S/C28H27Cl2NO6/c1-28(2,3)37-27(34)31(26-21(29)13-9-14-22(26)30)23-15-8-7-12-20(23)16-24(32)36-18-25(33)35-17-19-10-5-4-6-11-19/h4-15H,16-18H2,1-3H3. The Morgan fingerprint density at radius 3 is 2.05 bits per heavy atom. The number of para-hydroxylation sites is 2. The first-order valence-electron chi connectivity index (χ1n) is 11.5. The molecule has 3 rings (SSSR count). The van der Waals surface area contributed by atoms with Gasteiger partial charge in [0, 0.05) is 0 Å². The summed E-state index contributed by atoms with van der Waals surface area (Å²) in [5, 5.41) is 0.439. The number of amides is 1. The van der Waals surface area contributed by atoms with Crippen LogP contribution in [-0.2, 0) is 36.8 Å². The second-order valence-electron chi connectivity index (χ2n) is 9.00. The molecule has 0 atom stereocenters. The van der Waals surface area contributed by atoms with Crippen LogP contribution in [0.15, 0.2) is 72.8 Å². The number of ether oxygens (including phenoxy) is 3. The summed E-state index contributed by atoms with van der Waals surface area (Å²) in [6.45, 7) is 4.73.